The summed E-state index contributed by atoms with van der Waals surface area (Å²) in [6.07, 6.45) is 5.36. The van der Waals surface area contributed by atoms with Crippen LogP contribution in [0.5, 0.6) is 0 Å². The molecular weight excluding hydrogens is 214 g/mol. The van der Waals surface area contributed by atoms with E-state index in [4.69, 9.17) is 5.73 Å². The fourth-order valence-corrected chi connectivity index (χ4v) is 2.33. The Labute approximate surface area is 90.2 Å². The van der Waals surface area contributed by atoms with E-state index in [-0.39, 0.29) is 11.8 Å². The molecule has 5 nitrogen and oxygen atoms in total. The lowest BCUT2D eigenvalue weighted by Crippen LogP contribution is -2.31. The number of nitrogens with two attached hydrogens (primary N) is 1. The smallest absolute Gasteiger partial charge is 0.148 e. The van der Waals surface area contributed by atoms with Gasteiger partial charge in [0, 0.05) is 25.0 Å². The molecular formula is C9H17N3O2S. The molecule has 0 spiro atoms. The molecule has 0 aliphatic carbocycles. The minimum Gasteiger partial charge on any atom is -0.326 e. The van der Waals surface area contributed by atoms with Gasteiger partial charge in [-0.3, -0.25) is 4.68 Å². The molecule has 1 aromatic rings. The van der Waals surface area contributed by atoms with Crippen molar-refractivity contribution >= 4 is 9.84 Å². The van der Waals surface area contributed by atoms with Gasteiger partial charge < -0.3 is 5.73 Å². The second-order valence-corrected chi connectivity index (χ2v) is 5.95. The second kappa shape index (κ2) is 4.76. The van der Waals surface area contributed by atoms with Gasteiger partial charge in [0.15, 0.2) is 0 Å². The van der Waals surface area contributed by atoms with Gasteiger partial charge in [-0.25, -0.2) is 8.42 Å². The van der Waals surface area contributed by atoms with Gasteiger partial charge in [0.25, 0.3) is 0 Å². The van der Waals surface area contributed by atoms with E-state index in [2.05, 4.69) is 5.10 Å². The van der Waals surface area contributed by atoms with E-state index >= 15 is 0 Å². The zero-order chi connectivity index (χ0) is 11.5. The largest absolute Gasteiger partial charge is 0.326 e. The van der Waals surface area contributed by atoms with E-state index in [1.165, 1.54) is 6.26 Å². The van der Waals surface area contributed by atoms with Crippen LogP contribution in [0.1, 0.15) is 12.5 Å². The topological polar surface area (TPSA) is 78.0 Å². The Kier molecular flexibility index (Phi) is 3.87. The molecule has 0 saturated heterocycles. The highest BCUT2D eigenvalue weighted by Gasteiger charge is 2.12. The number of rotatable bonds is 5. The Hall–Kier alpha value is -0.880. The maximum atomic E-state index is 11.0. The van der Waals surface area contributed by atoms with Crippen LogP contribution in [0.2, 0.25) is 0 Å². The molecule has 1 rings (SSSR count). The Bertz CT molecular complexity index is 411. The van der Waals surface area contributed by atoms with Crippen molar-refractivity contribution in [3.63, 3.8) is 0 Å². The summed E-state index contributed by atoms with van der Waals surface area (Å²) in [4.78, 5) is 0. The fourth-order valence-electron chi connectivity index (χ4n) is 1.44. The third-order valence-corrected chi connectivity index (χ3v) is 3.06. The van der Waals surface area contributed by atoms with Crippen molar-refractivity contribution in [1.82, 2.24) is 9.78 Å². The predicted molar refractivity (Wildman–Crippen MR) is 59.3 cm³/mol. The maximum absolute atomic E-state index is 11.0. The third-order valence-electron chi connectivity index (χ3n) is 2.03. The van der Waals surface area contributed by atoms with Gasteiger partial charge in [0.05, 0.1) is 11.9 Å². The van der Waals surface area contributed by atoms with Crippen molar-refractivity contribution in [3.05, 3.63) is 18.0 Å². The maximum Gasteiger partial charge on any atom is 0.148 e. The summed E-state index contributed by atoms with van der Waals surface area (Å²) in [5.41, 5.74) is 6.71. The van der Waals surface area contributed by atoms with Crippen LogP contribution in [-0.4, -0.2) is 36.2 Å². The third kappa shape index (κ3) is 4.44. The first kappa shape index (κ1) is 12.2. The number of hydrogen-bond acceptors (Lipinski definition) is 4. The zero-order valence-electron chi connectivity index (χ0n) is 9.05. The molecule has 1 aromatic heterocycles. The van der Waals surface area contributed by atoms with Crippen LogP contribution in [-0.2, 0) is 22.8 Å². The molecule has 2 N–H and O–H groups in total. The van der Waals surface area contributed by atoms with Crippen LogP contribution in [0, 0.1) is 0 Å². The van der Waals surface area contributed by atoms with E-state index in [9.17, 15) is 8.42 Å². The van der Waals surface area contributed by atoms with Crippen molar-refractivity contribution in [3.8, 4) is 0 Å². The molecule has 0 bridgehead atoms. The molecule has 0 fully saturated rings. The summed E-state index contributed by atoms with van der Waals surface area (Å²) < 4.78 is 23.8. The Morgan fingerprint density at radius 2 is 2.27 bits per heavy atom. The first-order valence-electron chi connectivity index (χ1n) is 4.85. The van der Waals surface area contributed by atoms with E-state index < -0.39 is 9.84 Å². The average Bonchev–Trinajstić information content (AvgIpc) is 2.48. The summed E-state index contributed by atoms with van der Waals surface area (Å²) in [6, 6.07) is -0.352. The Balaban J connectivity index is 2.54. The molecule has 1 unspecified atom stereocenters. The lowest BCUT2D eigenvalue weighted by atomic mass is 10.1. The van der Waals surface area contributed by atoms with Crippen LogP contribution in [0.3, 0.4) is 0 Å². The highest BCUT2D eigenvalue weighted by Crippen LogP contribution is 2.02. The van der Waals surface area contributed by atoms with Gasteiger partial charge in [0.1, 0.15) is 9.84 Å². The van der Waals surface area contributed by atoms with Crippen LogP contribution in [0.15, 0.2) is 12.4 Å². The van der Waals surface area contributed by atoms with E-state index in [1.54, 1.807) is 10.9 Å². The fraction of sp³-hybridized carbons (Fsp3) is 0.667. The predicted octanol–water partition coefficient (Wildman–Crippen LogP) is -0.183. The Morgan fingerprint density at radius 3 is 2.73 bits per heavy atom. The lowest BCUT2D eigenvalue weighted by Gasteiger charge is -2.07. The summed E-state index contributed by atoms with van der Waals surface area (Å²) in [5.74, 6) is 0.0182. The summed E-state index contributed by atoms with van der Waals surface area (Å²) >= 11 is 0. The molecule has 1 heterocycles. The van der Waals surface area contributed by atoms with Crippen molar-refractivity contribution in [1.29, 1.82) is 0 Å². The van der Waals surface area contributed by atoms with Crippen LogP contribution >= 0.6 is 0 Å². The van der Waals surface area contributed by atoms with E-state index in [0.29, 0.717) is 6.42 Å². The number of hydrogen-bond donors (Lipinski definition) is 1. The summed E-state index contributed by atoms with van der Waals surface area (Å²) in [5, 5.41) is 4.10. The molecule has 86 valence electrons. The Morgan fingerprint density at radius 1 is 1.60 bits per heavy atom. The summed E-state index contributed by atoms with van der Waals surface area (Å²) in [6.45, 7) is 2.80. The van der Waals surface area contributed by atoms with Crippen LogP contribution < -0.4 is 5.73 Å². The molecule has 0 saturated carbocycles. The number of sulfone groups is 1. The first-order valence-corrected chi connectivity index (χ1v) is 6.91. The molecule has 0 aliphatic rings. The first-order chi connectivity index (χ1) is 6.90. The molecule has 6 heteroatoms. The zero-order valence-corrected chi connectivity index (χ0v) is 9.87. The molecule has 0 aliphatic heterocycles. The van der Waals surface area contributed by atoms with Crippen molar-refractivity contribution < 1.29 is 8.42 Å². The number of nitrogens with zero attached hydrogens (tertiary/aromatic N) is 2. The van der Waals surface area contributed by atoms with Gasteiger partial charge in [-0.05, 0) is 18.9 Å². The summed E-state index contributed by atoms with van der Waals surface area (Å²) in [7, 11) is -2.99. The second-order valence-electron chi connectivity index (χ2n) is 3.76. The molecule has 1 atom stereocenters. The van der Waals surface area contributed by atoms with Crippen LogP contribution in [0.4, 0.5) is 0 Å². The standard InChI is InChI=1S/C9H17N3O2S/c1-3-12-6-8(5-11-12)4-9(10)7-15(2,13)14/h5-6,9H,3-4,7,10H2,1-2H3. The molecule has 15 heavy (non-hydrogen) atoms. The van der Waals surface area contributed by atoms with Gasteiger partial charge in [-0.15, -0.1) is 0 Å². The van der Waals surface area contributed by atoms with Gasteiger partial charge >= 0.3 is 0 Å². The quantitative estimate of drug-likeness (QED) is 0.762. The average molecular weight is 231 g/mol. The van der Waals surface area contributed by atoms with Crippen LogP contribution in [0.25, 0.3) is 0 Å². The SMILES string of the molecule is CCn1cc(CC(N)CS(C)(=O)=O)cn1. The van der Waals surface area contributed by atoms with E-state index in [1.807, 2.05) is 13.1 Å². The monoisotopic (exact) mass is 231 g/mol. The van der Waals surface area contributed by atoms with Gasteiger partial charge in [-0.1, -0.05) is 0 Å². The highest BCUT2D eigenvalue weighted by molar-refractivity contribution is 7.90. The van der Waals surface area contributed by atoms with Crippen molar-refractivity contribution in [2.45, 2.75) is 25.9 Å². The van der Waals surface area contributed by atoms with Crippen molar-refractivity contribution in [2.24, 2.45) is 5.73 Å². The van der Waals surface area contributed by atoms with Gasteiger partial charge in [-0.2, -0.15) is 5.10 Å². The number of aryl methyl sites for hydroxylation is 1. The minimum atomic E-state index is -2.99. The molecule has 0 aromatic carbocycles. The van der Waals surface area contributed by atoms with E-state index in [0.717, 1.165) is 12.1 Å². The minimum absolute atomic E-state index is 0.0182. The highest BCUT2D eigenvalue weighted by atomic mass is 32.2. The molecule has 0 amide bonds. The molecule has 0 radical (unpaired) electrons. The van der Waals surface area contributed by atoms with Gasteiger partial charge in [0.2, 0.25) is 0 Å². The van der Waals surface area contributed by atoms with Crippen molar-refractivity contribution in [2.75, 3.05) is 12.0 Å². The number of aromatic nitrogens is 2. The normalized spacial score (nSPS) is 14.1. The lowest BCUT2D eigenvalue weighted by molar-refractivity contribution is 0.591.